The maximum atomic E-state index is 11.9. The molecule has 0 rings (SSSR count). The minimum Gasteiger partial charge on any atom is -0.480 e. The van der Waals surface area contributed by atoms with Gasteiger partial charge in [0, 0.05) is 6.54 Å². The van der Waals surface area contributed by atoms with Gasteiger partial charge < -0.3 is 15.7 Å². The molecule has 0 saturated heterocycles. The van der Waals surface area contributed by atoms with Gasteiger partial charge in [-0.2, -0.15) is 0 Å². The van der Waals surface area contributed by atoms with Gasteiger partial charge in [-0.25, -0.2) is 0 Å². The molecule has 0 aromatic rings. The van der Waals surface area contributed by atoms with E-state index in [1.165, 1.54) is 4.90 Å². The first-order chi connectivity index (χ1) is 7.25. The third-order valence-electron chi connectivity index (χ3n) is 2.23. The summed E-state index contributed by atoms with van der Waals surface area (Å²) in [7, 11) is 0. The highest BCUT2D eigenvalue weighted by atomic mass is 16.4. The zero-order chi connectivity index (χ0) is 12.9. The average molecular weight is 230 g/mol. The normalized spacial score (nSPS) is 12.9. The van der Waals surface area contributed by atoms with E-state index < -0.39 is 12.0 Å². The number of hydrogen-bond acceptors (Lipinski definition) is 3. The van der Waals surface area contributed by atoms with E-state index in [4.69, 9.17) is 10.8 Å². The molecule has 0 aromatic carbocycles. The number of rotatable bonds is 6. The van der Waals surface area contributed by atoms with Gasteiger partial charge in [0.05, 0.1) is 6.04 Å². The lowest BCUT2D eigenvalue weighted by molar-refractivity contribution is -0.145. The molecule has 1 amide bonds. The molecule has 16 heavy (non-hydrogen) atoms. The Kier molecular flexibility index (Phi) is 6.03. The highest BCUT2D eigenvalue weighted by molar-refractivity contribution is 5.85. The van der Waals surface area contributed by atoms with E-state index >= 15 is 0 Å². The van der Waals surface area contributed by atoms with Gasteiger partial charge in [-0.3, -0.25) is 9.59 Å². The first-order valence-electron chi connectivity index (χ1n) is 5.51. The molecule has 0 aliphatic rings. The molecule has 0 spiro atoms. The molecule has 0 bridgehead atoms. The summed E-state index contributed by atoms with van der Waals surface area (Å²) in [6.07, 6.45) is 0. The molecule has 1 atom stereocenters. The SMILES string of the molecule is CC(C)CN(CC(=O)O)C(=O)[C@H](N)C(C)C. The second kappa shape index (κ2) is 6.48. The monoisotopic (exact) mass is 230 g/mol. The zero-order valence-electron chi connectivity index (χ0n) is 10.4. The fourth-order valence-electron chi connectivity index (χ4n) is 1.33. The number of carbonyl (C=O) groups excluding carboxylic acids is 1. The number of hydrogen-bond donors (Lipinski definition) is 2. The molecule has 0 aliphatic heterocycles. The Morgan fingerprint density at radius 3 is 2.06 bits per heavy atom. The molecule has 0 aliphatic carbocycles. The first kappa shape index (κ1) is 14.9. The fourth-order valence-corrected chi connectivity index (χ4v) is 1.33. The molecular weight excluding hydrogens is 208 g/mol. The van der Waals surface area contributed by atoms with Crippen LogP contribution < -0.4 is 5.73 Å². The smallest absolute Gasteiger partial charge is 0.323 e. The van der Waals surface area contributed by atoms with E-state index in [1.54, 1.807) is 0 Å². The van der Waals surface area contributed by atoms with Crippen LogP contribution >= 0.6 is 0 Å². The summed E-state index contributed by atoms with van der Waals surface area (Å²) >= 11 is 0. The first-order valence-corrected chi connectivity index (χ1v) is 5.51. The summed E-state index contributed by atoms with van der Waals surface area (Å²) in [4.78, 5) is 23.9. The van der Waals surface area contributed by atoms with E-state index in [0.29, 0.717) is 6.54 Å². The lowest BCUT2D eigenvalue weighted by atomic mass is 10.0. The third kappa shape index (κ3) is 5.11. The van der Waals surface area contributed by atoms with Crippen LogP contribution in [0.4, 0.5) is 0 Å². The van der Waals surface area contributed by atoms with Crippen molar-refractivity contribution >= 4 is 11.9 Å². The maximum Gasteiger partial charge on any atom is 0.323 e. The van der Waals surface area contributed by atoms with Gasteiger partial charge in [0.2, 0.25) is 5.91 Å². The lowest BCUT2D eigenvalue weighted by Gasteiger charge is -2.27. The number of carboxylic acid groups (broad SMARTS) is 1. The highest BCUT2D eigenvalue weighted by Crippen LogP contribution is 2.06. The Hall–Kier alpha value is -1.10. The highest BCUT2D eigenvalue weighted by Gasteiger charge is 2.25. The van der Waals surface area contributed by atoms with E-state index in [2.05, 4.69) is 0 Å². The summed E-state index contributed by atoms with van der Waals surface area (Å²) in [5, 5.41) is 8.73. The molecule has 0 radical (unpaired) electrons. The minimum atomic E-state index is -1.01. The Morgan fingerprint density at radius 1 is 1.25 bits per heavy atom. The van der Waals surface area contributed by atoms with Crippen LogP contribution in [0.2, 0.25) is 0 Å². The van der Waals surface area contributed by atoms with Crippen LogP contribution in [0.25, 0.3) is 0 Å². The Morgan fingerprint density at radius 2 is 1.75 bits per heavy atom. The van der Waals surface area contributed by atoms with Gasteiger partial charge in [0.15, 0.2) is 0 Å². The predicted molar refractivity (Wildman–Crippen MR) is 61.9 cm³/mol. The summed E-state index contributed by atoms with van der Waals surface area (Å²) in [5.41, 5.74) is 5.73. The van der Waals surface area contributed by atoms with Gasteiger partial charge in [-0.1, -0.05) is 27.7 Å². The quantitative estimate of drug-likeness (QED) is 0.697. The molecule has 3 N–H and O–H groups in total. The molecule has 0 aromatic heterocycles. The van der Waals surface area contributed by atoms with Crippen LogP contribution in [0.3, 0.4) is 0 Å². The van der Waals surface area contributed by atoms with Crippen molar-refractivity contribution in [3.8, 4) is 0 Å². The fraction of sp³-hybridized carbons (Fsp3) is 0.818. The second-order valence-corrected chi connectivity index (χ2v) is 4.78. The van der Waals surface area contributed by atoms with Gasteiger partial charge in [0.1, 0.15) is 6.54 Å². The molecule has 0 saturated carbocycles. The van der Waals surface area contributed by atoms with Crippen LogP contribution in [-0.2, 0) is 9.59 Å². The summed E-state index contributed by atoms with van der Waals surface area (Å²) in [5.74, 6) is -1.06. The minimum absolute atomic E-state index is 0.0101. The number of carboxylic acids is 1. The predicted octanol–water partition coefficient (Wildman–Crippen LogP) is 0.539. The van der Waals surface area contributed by atoms with E-state index in [9.17, 15) is 9.59 Å². The lowest BCUT2D eigenvalue weighted by Crippen LogP contribution is -2.49. The van der Waals surface area contributed by atoms with Gasteiger partial charge in [0.25, 0.3) is 0 Å². The van der Waals surface area contributed by atoms with E-state index in [1.807, 2.05) is 27.7 Å². The zero-order valence-corrected chi connectivity index (χ0v) is 10.4. The molecule has 5 nitrogen and oxygen atoms in total. The van der Waals surface area contributed by atoms with Crippen molar-refractivity contribution in [2.24, 2.45) is 17.6 Å². The number of nitrogens with zero attached hydrogens (tertiary/aromatic N) is 1. The van der Waals surface area contributed by atoms with Crippen LogP contribution in [0, 0.1) is 11.8 Å². The number of carbonyl (C=O) groups is 2. The summed E-state index contributed by atoms with van der Waals surface area (Å²) in [6.45, 7) is 7.70. The van der Waals surface area contributed by atoms with Crippen molar-refractivity contribution in [1.82, 2.24) is 4.90 Å². The van der Waals surface area contributed by atoms with Crippen molar-refractivity contribution in [3.05, 3.63) is 0 Å². The molecule has 0 unspecified atom stereocenters. The van der Waals surface area contributed by atoms with Crippen LogP contribution in [0.15, 0.2) is 0 Å². The van der Waals surface area contributed by atoms with Gasteiger partial charge in [-0.15, -0.1) is 0 Å². The number of nitrogens with two attached hydrogens (primary N) is 1. The maximum absolute atomic E-state index is 11.9. The van der Waals surface area contributed by atoms with Crippen LogP contribution in [0.5, 0.6) is 0 Å². The van der Waals surface area contributed by atoms with Crippen molar-refractivity contribution in [1.29, 1.82) is 0 Å². The second-order valence-electron chi connectivity index (χ2n) is 4.78. The summed E-state index contributed by atoms with van der Waals surface area (Å²) in [6, 6.07) is -0.627. The van der Waals surface area contributed by atoms with Crippen LogP contribution in [0.1, 0.15) is 27.7 Å². The van der Waals surface area contributed by atoms with Crippen molar-refractivity contribution in [2.75, 3.05) is 13.1 Å². The van der Waals surface area contributed by atoms with Gasteiger partial charge in [-0.05, 0) is 11.8 Å². The Balaban J connectivity index is 4.61. The van der Waals surface area contributed by atoms with Crippen LogP contribution in [-0.4, -0.2) is 41.0 Å². The van der Waals surface area contributed by atoms with E-state index in [0.717, 1.165) is 0 Å². The van der Waals surface area contributed by atoms with Gasteiger partial charge >= 0.3 is 5.97 Å². The molecule has 94 valence electrons. The van der Waals surface area contributed by atoms with E-state index in [-0.39, 0.29) is 24.3 Å². The largest absolute Gasteiger partial charge is 0.480 e. The van der Waals surface area contributed by atoms with Crippen molar-refractivity contribution in [2.45, 2.75) is 33.7 Å². The number of aliphatic carboxylic acids is 1. The molecular formula is C11H22N2O3. The van der Waals surface area contributed by atoms with Crippen molar-refractivity contribution in [3.63, 3.8) is 0 Å². The van der Waals surface area contributed by atoms with Crippen molar-refractivity contribution < 1.29 is 14.7 Å². The Bertz CT molecular complexity index is 252. The molecule has 0 fully saturated rings. The Labute approximate surface area is 96.6 Å². The summed E-state index contributed by atoms with van der Waals surface area (Å²) < 4.78 is 0. The number of amides is 1. The topological polar surface area (TPSA) is 83.6 Å². The standard InChI is InChI=1S/C11H22N2O3/c1-7(2)5-13(6-9(14)15)11(16)10(12)8(3)4/h7-8,10H,5-6,12H2,1-4H3,(H,14,15)/t10-/m1/s1. The third-order valence-corrected chi connectivity index (χ3v) is 2.23. The average Bonchev–Trinajstić information content (AvgIpc) is 2.12. The molecule has 5 heteroatoms. The molecule has 0 heterocycles.